The molecule has 0 radical (unpaired) electrons. The van der Waals surface area contributed by atoms with Gasteiger partial charge in [0.1, 0.15) is 0 Å². The largest absolute Gasteiger partial charge is 0.382 e. The van der Waals surface area contributed by atoms with E-state index in [0.717, 1.165) is 24.0 Å². The first kappa shape index (κ1) is 12.1. The molecule has 16 heavy (non-hydrogen) atoms. The van der Waals surface area contributed by atoms with Crippen LogP contribution in [0.2, 0.25) is 0 Å². The van der Waals surface area contributed by atoms with Crippen LogP contribution in [0.1, 0.15) is 24.8 Å². The van der Waals surface area contributed by atoms with E-state index in [1.807, 2.05) is 0 Å². The van der Waals surface area contributed by atoms with Crippen molar-refractivity contribution in [2.75, 3.05) is 20.3 Å². The zero-order chi connectivity index (χ0) is 11.4. The molecule has 1 unspecified atom stereocenters. The fraction of sp³-hybridized carbons (Fsp3) is 0.538. The standard InChI is InChI=1S/C13H18BrNO/c1-16-10-13(7-2-3-8-15-13)11-5-4-6-12(14)9-11/h4-6,9,15H,2-3,7-8,10H2,1H3. The average Bonchev–Trinajstić information content (AvgIpc) is 2.31. The van der Waals surface area contributed by atoms with Gasteiger partial charge in [0.05, 0.1) is 12.1 Å². The summed E-state index contributed by atoms with van der Waals surface area (Å²) in [5.41, 5.74) is 1.33. The fourth-order valence-electron chi connectivity index (χ4n) is 2.45. The van der Waals surface area contributed by atoms with Crippen molar-refractivity contribution in [2.24, 2.45) is 0 Å². The lowest BCUT2D eigenvalue weighted by molar-refractivity contribution is 0.0883. The molecular weight excluding hydrogens is 266 g/mol. The number of rotatable bonds is 3. The van der Waals surface area contributed by atoms with E-state index in [9.17, 15) is 0 Å². The first-order valence-electron chi connectivity index (χ1n) is 5.77. The van der Waals surface area contributed by atoms with E-state index in [1.165, 1.54) is 18.4 Å². The Bertz CT molecular complexity index is 342. The molecule has 1 N–H and O–H groups in total. The summed E-state index contributed by atoms with van der Waals surface area (Å²) in [4.78, 5) is 0. The van der Waals surface area contributed by atoms with Gasteiger partial charge in [-0.1, -0.05) is 28.1 Å². The van der Waals surface area contributed by atoms with Gasteiger partial charge in [-0.25, -0.2) is 0 Å². The monoisotopic (exact) mass is 283 g/mol. The van der Waals surface area contributed by atoms with Crippen molar-refractivity contribution < 1.29 is 4.74 Å². The Morgan fingerprint density at radius 3 is 2.94 bits per heavy atom. The Morgan fingerprint density at radius 2 is 2.31 bits per heavy atom. The lowest BCUT2D eigenvalue weighted by Crippen LogP contribution is -2.49. The van der Waals surface area contributed by atoms with Gasteiger partial charge in [-0.2, -0.15) is 0 Å². The Hall–Kier alpha value is -0.380. The third-order valence-electron chi connectivity index (χ3n) is 3.26. The van der Waals surface area contributed by atoms with Crippen LogP contribution < -0.4 is 5.32 Å². The van der Waals surface area contributed by atoms with E-state index in [1.54, 1.807) is 7.11 Å². The summed E-state index contributed by atoms with van der Waals surface area (Å²) in [6.45, 7) is 1.82. The van der Waals surface area contributed by atoms with Crippen molar-refractivity contribution in [1.29, 1.82) is 0 Å². The van der Waals surface area contributed by atoms with E-state index in [0.29, 0.717) is 0 Å². The quantitative estimate of drug-likeness (QED) is 0.921. The molecule has 0 aliphatic carbocycles. The first-order valence-corrected chi connectivity index (χ1v) is 6.56. The molecule has 1 aliphatic rings. The van der Waals surface area contributed by atoms with Gasteiger partial charge in [0.15, 0.2) is 0 Å². The third-order valence-corrected chi connectivity index (χ3v) is 3.75. The van der Waals surface area contributed by atoms with E-state index in [4.69, 9.17) is 4.74 Å². The van der Waals surface area contributed by atoms with Gasteiger partial charge in [0, 0.05) is 11.6 Å². The second-order valence-electron chi connectivity index (χ2n) is 4.41. The molecule has 0 bridgehead atoms. The smallest absolute Gasteiger partial charge is 0.0686 e. The molecule has 0 amide bonds. The van der Waals surface area contributed by atoms with Crippen LogP contribution in [0.15, 0.2) is 28.7 Å². The summed E-state index contributed by atoms with van der Waals surface area (Å²) in [5, 5.41) is 3.63. The molecule has 3 heteroatoms. The van der Waals surface area contributed by atoms with Crippen molar-refractivity contribution in [1.82, 2.24) is 5.32 Å². The summed E-state index contributed by atoms with van der Waals surface area (Å²) in [5.74, 6) is 0. The molecule has 1 aromatic rings. The maximum absolute atomic E-state index is 5.40. The summed E-state index contributed by atoms with van der Waals surface area (Å²) >= 11 is 3.54. The number of nitrogens with one attached hydrogen (secondary N) is 1. The molecule has 0 spiro atoms. The zero-order valence-corrected chi connectivity index (χ0v) is 11.2. The molecule has 1 aromatic carbocycles. The Balaban J connectivity index is 2.30. The normalized spacial score (nSPS) is 25.6. The number of hydrogen-bond acceptors (Lipinski definition) is 2. The van der Waals surface area contributed by atoms with E-state index in [2.05, 4.69) is 45.5 Å². The minimum absolute atomic E-state index is 0.0107. The van der Waals surface area contributed by atoms with Crippen LogP contribution in [-0.2, 0) is 10.3 Å². The van der Waals surface area contributed by atoms with Gasteiger partial charge in [0.25, 0.3) is 0 Å². The maximum Gasteiger partial charge on any atom is 0.0686 e. The van der Waals surface area contributed by atoms with Crippen molar-refractivity contribution in [3.8, 4) is 0 Å². The summed E-state index contributed by atoms with van der Waals surface area (Å²) < 4.78 is 6.53. The van der Waals surface area contributed by atoms with Gasteiger partial charge in [0.2, 0.25) is 0 Å². The van der Waals surface area contributed by atoms with Crippen LogP contribution in [0.3, 0.4) is 0 Å². The molecule has 1 heterocycles. The maximum atomic E-state index is 5.40. The fourth-order valence-corrected chi connectivity index (χ4v) is 2.85. The van der Waals surface area contributed by atoms with Crippen LogP contribution in [-0.4, -0.2) is 20.3 Å². The van der Waals surface area contributed by atoms with Gasteiger partial charge in [-0.05, 0) is 43.5 Å². The zero-order valence-electron chi connectivity index (χ0n) is 9.63. The predicted molar refractivity (Wildman–Crippen MR) is 69.5 cm³/mol. The second-order valence-corrected chi connectivity index (χ2v) is 5.33. The number of benzene rings is 1. The second kappa shape index (κ2) is 5.30. The van der Waals surface area contributed by atoms with Crippen molar-refractivity contribution >= 4 is 15.9 Å². The minimum Gasteiger partial charge on any atom is -0.382 e. The Labute approximate surface area is 106 Å². The Morgan fingerprint density at radius 1 is 1.44 bits per heavy atom. The highest BCUT2D eigenvalue weighted by Crippen LogP contribution is 2.32. The van der Waals surface area contributed by atoms with Crippen LogP contribution in [0, 0.1) is 0 Å². The van der Waals surface area contributed by atoms with Crippen molar-refractivity contribution in [2.45, 2.75) is 24.8 Å². The third kappa shape index (κ3) is 2.47. The van der Waals surface area contributed by atoms with Gasteiger partial charge < -0.3 is 10.1 Å². The molecular formula is C13H18BrNO. The lowest BCUT2D eigenvalue weighted by Gasteiger charge is -2.38. The van der Waals surface area contributed by atoms with Gasteiger partial charge >= 0.3 is 0 Å². The number of hydrogen-bond donors (Lipinski definition) is 1. The highest BCUT2D eigenvalue weighted by Gasteiger charge is 2.33. The average molecular weight is 284 g/mol. The van der Waals surface area contributed by atoms with Crippen LogP contribution in [0.4, 0.5) is 0 Å². The molecule has 1 atom stereocenters. The van der Waals surface area contributed by atoms with E-state index < -0.39 is 0 Å². The molecule has 88 valence electrons. The number of halogens is 1. The van der Waals surface area contributed by atoms with E-state index in [-0.39, 0.29) is 5.54 Å². The summed E-state index contributed by atoms with van der Waals surface area (Å²) in [6.07, 6.45) is 3.68. The van der Waals surface area contributed by atoms with Crippen LogP contribution >= 0.6 is 15.9 Å². The first-order chi connectivity index (χ1) is 7.77. The van der Waals surface area contributed by atoms with Crippen molar-refractivity contribution in [3.63, 3.8) is 0 Å². The van der Waals surface area contributed by atoms with Crippen LogP contribution in [0.5, 0.6) is 0 Å². The Kier molecular flexibility index (Phi) is 4.00. The van der Waals surface area contributed by atoms with Crippen LogP contribution in [0.25, 0.3) is 0 Å². The van der Waals surface area contributed by atoms with E-state index >= 15 is 0 Å². The molecule has 1 aliphatic heterocycles. The van der Waals surface area contributed by atoms with Gasteiger partial charge in [-0.3, -0.25) is 0 Å². The summed E-state index contributed by atoms with van der Waals surface area (Å²) in [7, 11) is 1.77. The summed E-state index contributed by atoms with van der Waals surface area (Å²) in [6, 6.07) is 8.53. The van der Waals surface area contributed by atoms with Crippen molar-refractivity contribution in [3.05, 3.63) is 34.3 Å². The highest BCUT2D eigenvalue weighted by molar-refractivity contribution is 9.10. The highest BCUT2D eigenvalue weighted by atomic mass is 79.9. The topological polar surface area (TPSA) is 21.3 Å². The molecule has 2 nitrogen and oxygen atoms in total. The number of methoxy groups -OCH3 is 1. The minimum atomic E-state index is 0.0107. The predicted octanol–water partition coefficient (Wildman–Crippen LogP) is 3.06. The molecule has 0 aromatic heterocycles. The lowest BCUT2D eigenvalue weighted by atomic mass is 9.83. The number of piperidine rings is 1. The molecule has 2 rings (SSSR count). The SMILES string of the molecule is COCC1(c2cccc(Br)c2)CCCCN1. The molecule has 1 saturated heterocycles. The molecule has 0 saturated carbocycles. The number of ether oxygens (including phenoxy) is 1. The van der Waals surface area contributed by atoms with Gasteiger partial charge in [-0.15, -0.1) is 0 Å². The molecule has 1 fully saturated rings.